The summed E-state index contributed by atoms with van der Waals surface area (Å²) in [6.07, 6.45) is 2.09. The van der Waals surface area contributed by atoms with Crippen LogP contribution in [0.1, 0.15) is 17.0 Å². The van der Waals surface area contributed by atoms with E-state index < -0.39 is 0 Å². The van der Waals surface area contributed by atoms with Gasteiger partial charge in [0.05, 0.1) is 6.42 Å². The Labute approximate surface area is 150 Å². The second-order valence-electron chi connectivity index (χ2n) is 5.68. The molecule has 4 rings (SSSR count). The summed E-state index contributed by atoms with van der Waals surface area (Å²) < 4.78 is 11.3. The molecule has 0 aliphatic rings. The first-order chi connectivity index (χ1) is 12.9. The van der Waals surface area contributed by atoms with E-state index in [0.717, 1.165) is 16.9 Å². The van der Waals surface area contributed by atoms with Crippen molar-refractivity contribution >= 4 is 0 Å². The molecule has 2 heterocycles. The standard InChI is InChI=1S/C20H16N4O2/c1-2-7-15(8-3-1)14-25-18-11-5-4-9-16(18)13-19-22-20(24-26-19)17-10-6-12-21-23-17/h1-12H,13-14H2. The van der Waals surface area contributed by atoms with E-state index >= 15 is 0 Å². The molecule has 2 aromatic heterocycles. The summed E-state index contributed by atoms with van der Waals surface area (Å²) in [7, 11) is 0. The van der Waals surface area contributed by atoms with Crippen molar-refractivity contribution in [2.45, 2.75) is 13.0 Å². The smallest absolute Gasteiger partial charge is 0.231 e. The normalized spacial score (nSPS) is 10.6. The predicted molar refractivity (Wildman–Crippen MR) is 95.3 cm³/mol. The highest BCUT2D eigenvalue weighted by Crippen LogP contribution is 2.23. The number of benzene rings is 2. The van der Waals surface area contributed by atoms with Gasteiger partial charge in [-0.15, -0.1) is 5.10 Å². The van der Waals surface area contributed by atoms with E-state index in [9.17, 15) is 0 Å². The van der Waals surface area contributed by atoms with Gasteiger partial charge in [-0.25, -0.2) is 0 Å². The zero-order chi connectivity index (χ0) is 17.6. The molecule has 6 heteroatoms. The van der Waals surface area contributed by atoms with Gasteiger partial charge in [-0.2, -0.15) is 10.1 Å². The maximum atomic E-state index is 5.97. The molecule has 26 heavy (non-hydrogen) atoms. The van der Waals surface area contributed by atoms with E-state index in [1.807, 2.05) is 54.6 Å². The van der Waals surface area contributed by atoms with Crippen molar-refractivity contribution in [2.24, 2.45) is 0 Å². The molecule has 0 atom stereocenters. The number of aromatic nitrogens is 4. The fourth-order valence-corrected chi connectivity index (χ4v) is 2.54. The maximum absolute atomic E-state index is 5.97. The highest BCUT2D eigenvalue weighted by atomic mass is 16.5. The van der Waals surface area contributed by atoms with Crippen LogP contribution in [0, 0.1) is 0 Å². The van der Waals surface area contributed by atoms with Crippen molar-refractivity contribution in [3.05, 3.63) is 89.9 Å². The molecule has 6 nitrogen and oxygen atoms in total. The molecule has 0 unspecified atom stereocenters. The van der Waals surface area contributed by atoms with Crippen LogP contribution in [-0.4, -0.2) is 20.3 Å². The minimum atomic E-state index is 0.427. The van der Waals surface area contributed by atoms with Gasteiger partial charge in [0, 0.05) is 11.8 Å². The molecule has 0 N–H and O–H groups in total. The molecule has 0 aliphatic carbocycles. The second-order valence-corrected chi connectivity index (χ2v) is 5.68. The Balaban J connectivity index is 1.49. The monoisotopic (exact) mass is 344 g/mol. The second kappa shape index (κ2) is 7.57. The topological polar surface area (TPSA) is 73.9 Å². The molecule has 0 fully saturated rings. The third kappa shape index (κ3) is 3.75. The van der Waals surface area contributed by atoms with E-state index in [1.165, 1.54) is 0 Å². The number of para-hydroxylation sites is 1. The van der Waals surface area contributed by atoms with Gasteiger partial charge in [-0.05, 0) is 23.8 Å². The van der Waals surface area contributed by atoms with Crippen LogP contribution < -0.4 is 4.74 Å². The largest absolute Gasteiger partial charge is 0.489 e. The van der Waals surface area contributed by atoms with Crippen LogP contribution >= 0.6 is 0 Å². The molecule has 128 valence electrons. The Morgan fingerprint density at radius 2 is 1.73 bits per heavy atom. The maximum Gasteiger partial charge on any atom is 0.231 e. The Kier molecular flexibility index (Phi) is 4.64. The van der Waals surface area contributed by atoms with Crippen LogP contribution in [0.15, 0.2) is 77.4 Å². The average molecular weight is 344 g/mol. The van der Waals surface area contributed by atoms with E-state index in [4.69, 9.17) is 9.26 Å². The molecule has 0 radical (unpaired) electrons. The molecule has 0 saturated heterocycles. The number of hydrogen-bond acceptors (Lipinski definition) is 6. The van der Waals surface area contributed by atoms with Gasteiger partial charge >= 0.3 is 0 Å². The predicted octanol–water partition coefficient (Wildman–Crippen LogP) is 3.70. The van der Waals surface area contributed by atoms with E-state index in [-0.39, 0.29) is 0 Å². The van der Waals surface area contributed by atoms with Crippen LogP contribution in [0.3, 0.4) is 0 Å². The Hall–Kier alpha value is -3.54. The fraction of sp³-hybridized carbons (Fsp3) is 0.100. The summed E-state index contributed by atoms with van der Waals surface area (Å²) in [6, 6.07) is 21.5. The SMILES string of the molecule is c1ccc(COc2ccccc2Cc2nc(-c3cccnn3)no2)cc1. The zero-order valence-electron chi connectivity index (χ0n) is 13.9. The number of rotatable bonds is 6. The minimum absolute atomic E-state index is 0.427. The molecule has 4 aromatic rings. The molecule has 0 amide bonds. The Bertz CT molecular complexity index is 971. The quantitative estimate of drug-likeness (QED) is 0.531. The average Bonchev–Trinajstić information content (AvgIpc) is 3.17. The summed E-state index contributed by atoms with van der Waals surface area (Å²) in [4.78, 5) is 4.40. The van der Waals surface area contributed by atoms with Crippen LogP contribution in [-0.2, 0) is 13.0 Å². The van der Waals surface area contributed by atoms with Crippen molar-refractivity contribution in [1.82, 2.24) is 20.3 Å². The first kappa shape index (κ1) is 16.0. The summed E-state index contributed by atoms with van der Waals surface area (Å²) >= 11 is 0. The van der Waals surface area contributed by atoms with Gasteiger partial charge in [0.2, 0.25) is 11.7 Å². The van der Waals surface area contributed by atoms with Crippen LogP contribution in [0.4, 0.5) is 0 Å². The first-order valence-electron chi connectivity index (χ1n) is 8.24. The lowest BCUT2D eigenvalue weighted by Crippen LogP contribution is -1.99. The van der Waals surface area contributed by atoms with Crippen LogP contribution in [0.2, 0.25) is 0 Å². The molecular formula is C20H16N4O2. The molecule has 0 saturated carbocycles. The molecule has 0 spiro atoms. The van der Waals surface area contributed by atoms with Gasteiger partial charge in [-0.3, -0.25) is 0 Å². The van der Waals surface area contributed by atoms with Gasteiger partial charge < -0.3 is 9.26 Å². The lowest BCUT2D eigenvalue weighted by Gasteiger charge is -2.10. The van der Waals surface area contributed by atoms with Crippen molar-refractivity contribution < 1.29 is 9.26 Å². The molecule has 0 bridgehead atoms. The molecule has 0 aliphatic heterocycles. The minimum Gasteiger partial charge on any atom is -0.489 e. The first-order valence-corrected chi connectivity index (χ1v) is 8.24. The fourth-order valence-electron chi connectivity index (χ4n) is 2.54. The van der Waals surface area contributed by atoms with Crippen molar-refractivity contribution in [3.63, 3.8) is 0 Å². The summed E-state index contributed by atoms with van der Waals surface area (Å²) in [6.45, 7) is 0.506. The van der Waals surface area contributed by atoms with Crippen molar-refractivity contribution in [1.29, 1.82) is 0 Å². The zero-order valence-corrected chi connectivity index (χ0v) is 13.9. The highest BCUT2D eigenvalue weighted by molar-refractivity contribution is 5.46. The molecular weight excluding hydrogens is 328 g/mol. The van der Waals surface area contributed by atoms with Crippen LogP contribution in [0.25, 0.3) is 11.5 Å². The van der Waals surface area contributed by atoms with Gasteiger partial charge in [0.15, 0.2) is 0 Å². The summed E-state index contributed by atoms with van der Waals surface area (Å²) in [5.41, 5.74) is 2.68. The lowest BCUT2D eigenvalue weighted by molar-refractivity contribution is 0.302. The number of ether oxygens (including phenoxy) is 1. The summed E-state index contributed by atoms with van der Waals surface area (Å²) in [5, 5.41) is 11.8. The number of hydrogen-bond donors (Lipinski definition) is 0. The van der Waals surface area contributed by atoms with Gasteiger partial charge in [-0.1, -0.05) is 53.7 Å². The third-order valence-corrected chi connectivity index (χ3v) is 3.82. The Morgan fingerprint density at radius 1 is 0.885 bits per heavy atom. The van der Waals surface area contributed by atoms with Crippen LogP contribution in [0.5, 0.6) is 5.75 Å². The van der Waals surface area contributed by atoms with Crippen molar-refractivity contribution in [3.8, 4) is 17.3 Å². The van der Waals surface area contributed by atoms with E-state index in [1.54, 1.807) is 18.3 Å². The third-order valence-electron chi connectivity index (χ3n) is 3.82. The lowest BCUT2D eigenvalue weighted by atomic mass is 10.1. The van der Waals surface area contributed by atoms with Gasteiger partial charge in [0.25, 0.3) is 0 Å². The van der Waals surface area contributed by atoms with E-state index in [0.29, 0.717) is 30.4 Å². The Morgan fingerprint density at radius 3 is 2.58 bits per heavy atom. The van der Waals surface area contributed by atoms with Gasteiger partial charge in [0.1, 0.15) is 18.1 Å². The van der Waals surface area contributed by atoms with Crippen molar-refractivity contribution in [2.75, 3.05) is 0 Å². The summed E-state index contributed by atoms with van der Waals surface area (Å²) in [5.74, 6) is 1.73. The highest BCUT2D eigenvalue weighted by Gasteiger charge is 2.13. The number of nitrogens with zero attached hydrogens (tertiary/aromatic N) is 4. The van der Waals surface area contributed by atoms with E-state index in [2.05, 4.69) is 20.3 Å². The molecule has 2 aromatic carbocycles.